The summed E-state index contributed by atoms with van der Waals surface area (Å²) in [6.45, 7) is 0.235. The van der Waals surface area contributed by atoms with Crippen LogP contribution in [0.3, 0.4) is 0 Å². The fourth-order valence-electron chi connectivity index (χ4n) is 4.03. The Morgan fingerprint density at radius 1 is 1.03 bits per heavy atom. The van der Waals surface area contributed by atoms with Crippen LogP contribution in [0, 0.1) is 5.82 Å². The van der Waals surface area contributed by atoms with Crippen LogP contribution in [0.5, 0.6) is 0 Å². The molecule has 3 aromatic carbocycles. The highest BCUT2D eigenvalue weighted by Gasteiger charge is 2.33. The molecule has 2 heterocycles. The number of carbonyl (C=O) groups is 3. The zero-order valence-electron chi connectivity index (χ0n) is 19.1. The number of hydrogen-bond donors (Lipinski definition) is 1. The van der Waals surface area contributed by atoms with E-state index in [2.05, 4.69) is 15.6 Å². The van der Waals surface area contributed by atoms with Crippen LogP contribution in [0.2, 0.25) is 0 Å². The molecule has 1 N–H and O–H groups in total. The summed E-state index contributed by atoms with van der Waals surface area (Å²) >= 11 is 0. The van der Waals surface area contributed by atoms with Gasteiger partial charge in [-0.3, -0.25) is 14.5 Å². The minimum absolute atomic E-state index is 0.0295. The number of carbonyl (C=O) groups excluding carboxylic acids is 3. The van der Waals surface area contributed by atoms with Gasteiger partial charge in [0.1, 0.15) is 17.3 Å². The second kappa shape index (κ2) is 9.95. The second-order valence-electron chi connectivity index (χ2n) is 8.34. The molecule has 1 atom stereocenters. The highest BCUT2D eigenvalue weighted by atomic mass is 19.1. The maximum atomic E-state index is 15.0. The summed E-state index contributed by atoms with van der Waals surface area (Å²) in [5.41, 5.74) is 2.38. The van der Waals surface area contributed by atoms with Crippen molar-refractivity contribution >= 4 is 34.5 Å². The van der Waals surface area contributed by atoms with Gasteiger partial charge in [-0.25, -0.2) is 13.9 Å². The zero-order valence-corrected chi connectivity index (χ0v) is 19.1. The summed E-state index contributed by atoms with van der Waals surface area (Å²) in [5, 5.41) is 10.8. The van der Waals surface area contributed by atoms with Gasteiger partial charge in [-0.2, -0.15) is 0 Å². The van der Waals surface area contributed by atoms with Gasteiger partial charge in [0.25, 0.3) is 0 Å². The van der Waals surface area contributed by atoms with E-state index >= 15 is 0 Å². The molecule has 36 heavy (non-hydrogen) atoms. The van der Waals surface area contributed by atoms with Crippen molar-refractivity contribution < 1.29 is 23.5 Å². The van der Waals surface area contributed by atoms with Crippen LogP contribution in [-0.2, 0) is 9.53 Å². The number of rotatable bonds is 8. The van der Waals surface area contributed by atoms with E-state index in [-0.39, 0.29) is 43.3 Å². The van der Waals surface area contributed by atoms with Gasteiger partial charge < -0.3 is 10.1 Å². The van der Waals surface area contributed by atoms with Gasteiger partial charge in [0.2, 0.25) is 5.91 Å². The first-order valence-electron chi connectivity index (χ1n) is 11.4. The van der Waals surface area contributed by atoms with Crippen LogP contribution < -0.4 is 10.2 Å². The molecule has 9 nitrogen and oxygen atoms in total. The lowest BCUT2D eigenvalue weighted by molar-refractivity contribution is -0.121. The van der Waals surface area contributed by atoms with Crippen molar-refractivity contribution in [2.45, 2.75) is 18.9 Å². The third-order valence-electron chi connectivity index (χ3n) is 5.90. The number of cyclic esters (lactones) is 1. The molecule has 1 unspecified atom stereocenters. The molecule has 1 aliphatic heterocycles. The summed E-state index contributed by atoms with van der Waals surface area (Å²) < 4.78 is 21.7. The lowest BCUT2D eigenvalue weighted by Gasteiger charge is -2.14. The number of aromatic nitrogens is 3. The minimum atomic E-state index is -0.633. The van der Waals surface area contributed by atoms with Crippen LogP contribution in [0.25, 0.3) is 16.7 Å². The standard InChI is InChI=1S/C26H22FN5O4/c27-20-14-18(10-11-22(20)32-23-9-5-4-8-21(23)29-30-32)31-16-19(36-26(31)35)15-28-25(34)13-12-24(33)17-6-2-1-3-7-17/h1-11,14,19H,12-13,15-16H2,(H,28,34). The molecule has 2 amide bonds. The molecule has 182 valence electrons. The van der Waals surface area contributed by atoms with E-state index in [0.29, 0.717) is 22.3 Å². The van der Waals surface area contributed by atoms with Crippen LogP contribution in [-0.4, -0.2) is 52.0 Å². The molecular formula is C26H22FN5O4. The first-order valence-corrected chi connectivity index (χ1v) is 11.4. The van der Waals surface area contributed by atoms with E-state index in [0.717, 1.165) is 0 Å². The predicted molar refractivity (Wildman–Crippen MR) is 129 cm³/mol. The molecule has 0 bridgehead atoms. The molecule has 0 radical (unpaired) electrons. The minimum Gasteiger partial charge on any atom is -0.442 e. The van der Waals surface area contributed by atoms with E-state index in [9.17, 15) is 18.8 Å². The molecule has 10 heteroatoms. The molecule has 1 aromatic heterocycles. The summed E-state index contributed by atoms with van der Waals surface area (Å²) in [7, 11) is 0. The Morgan fingerprint density at radius 2 is 1.81 bits per heavy atom. The molecule has 4 aromatic rings. The molecule has 0 aliphatic carbocycles. The van der Waals surface area contributed by atoms with Crippen molar-refractivity contribution in [2.24, 2.45) is 0 Å². The Hall–Kier alpha value is -4.60. The predicted octanol–water partition coefficient (Wildman–Crippen LogP) is 3.66. The summed E-state index contributed by atoms with van der Waals surface area (Å²) in [5.74, 6) is -1.01. The zero-order chi connectivity index (χ0) is 25.1. The number of nitrogens with zero attached hydrogens (tertiary/aromatic N) is 4. The average molecular weight is 487 g/mol. The Morgan fingerprint density at radius 3 is 2.61 bits per heavy atom. The number of fused-ring (bicyclic) bond motifs is 1. The molecular weight excluding hydrogens is 465 g/mol. The number of para-hydroxylation sites is 1. The lowest BCUT2D eigenvalue weighted by atomic mass is 10.1. The first-order chi connectivity index (χ1) is 17.5. The fraction of sp³-hybridized carbons (Fsp3) is 0.192. The highest BCUT2D eigenvalue weighted by Crippen LogP contribution is 2.26. The third-order valence-corrected chi connectivity index (χ3v) is 5.90. The number of ether oxygens (including phenoxy) is 1. The van der Waals surface area contributed by atoms with Gasteiger partial charge in [0.15, 0.2) is 11.6 Å². The second-order valence-corrected chi connectivity index (χ2v) is 8.34. The maximum Gasteiger partial charge on any atom is 0.414 e. The molecule has 1 aliphatic rings. The quantitative estimate of drug-likeness (QED) is 0.380. The maximum absolute atomic E-state index is 15.0. The van der Waals surface area contributed by atoms with Crippen molar-refractivity contribution in [1.29, 1.82) is 0 Å². The van der Waals surface area contributed by atoms with E-state index in [4.69, 9.17) is 4.74 Å². The van der Waals surface area contributed by atoms with Crippen LogP contribution in [0.1, 0.15) is 23.2 Å². The van der Waals surface area contributed by atoms with Crippen molar-refractivity contribution in [1.82, 2.24) is 20.3 Å². The lowest BCUT2D eigenvalue weighted by Crippen LogP contribution is -2.34. The van der Waals surface area contributed by atoms with E-state index in [1.807, 2.05) is 18.2 Å². The van der Waals surface area contributed by atoms with E-state index in [1.54, 1.807) is 42.5 Å². The van der Waals surface area contributed by atoms with Crippen molar-refractivity contribution in [2.75, 3.05) is 18.0 Å². The fourth-order valence-corrected chi connectivity index (χ4v) is 4.03. The van der Waals surface area contributed by atoms with Crippen molar-refractivity contribution in [3.63, 3.8) is 0 Å². The Bertz CT molecular complexity index is 1440. The molecule has 1 fully saturated rings. The molecule has 0 saturated carbocycles. The number of hydrogen-bond acceptors (Lipinski definition) is 6. The number of nitrogens with one attached hydrogen (secondary N) is 1. The molecule has 1 saturated heterocycles. The van der Waals surface area contributed by atoms with Crippen LogP contribution >= 0.6 is 0 Å². The van der Waals surface area contributed by atoms with Crippen LogP contribution in [0.15, 0.2) is 72.8 Å². The van der Waals surface area contributed by atoms with Gasteiger partial charge >= 0.3 is 6.09 Å². The highest BCUT2D eigenvalue weighted by molar-refractivity contribution is 5.98. The number of Topliss-reactive ketones (excluding diaryl/α,β-unsaturated/α-hetero) is 1. The molecule has 0 spiro atoms. The Balaban J connectivity index is 1.17. The Kier molecular flexibility index (Phi) is 6.40. The Labute approximate surface area is 205 Å². The normalized spacial score (nSPS) is 15.2. The topological polar surface area (TPSA) is 106 Å². The monoisotopic (exact) mass is 487 g/mol. The number of amides is 2. The smallest absolute Gasteiger partial charge is 0.414 e. The van der Waals surface area contributed by atoms with Crippen LogP contribution in [0.4, 0.5) is 14.9 Å². The van der Waals surface area contributed by atoms with Crippen molar-refractivity contribution in [3.05, 3.63) is 84.2 Å². The van der Waals surface area contributed by atoms with Gasteiger partial charge in [-0.1, -0.05) is 47.7 Å². The number of halogens is 1. The first kappa shape index (κ1) is 23.2. The average Bonchev–Trinajstić information content (AvgIpc) is 3.50. The largest absolute Gasteiger partial charge is 0.442 e. The number of benzene rings is 3. The van der Waals surface area contributed by atoms with Gasteiger partial charge in [0, 0.05) is 18.4 Å². The van der Waals surface area contributed by atoms with E-state index < -0.39 is 18.0 Å². The van der Waals surface area contributed by atoms with Gasteiger partial charge in [0.05, 0.1) is 24.3 Å². The summed E-state index contributed by atoms with van der Waals surface area (Å²) in [6, 6.07) is 20.3. The third kappa shape index (κ3) is 4.78. The molecule has 5 rings (SSSR count). The van der Waals surface area contributed by atoms with Gasteiger partial charge in [-0.05, 0) is 30.3 Å². The van der Waals surface area contributed by atoms with Gasteiger partial charge in [-0.15, -0.1) is 5.10 Å². The van der Waals surface area contributed by atoms with E-state index in [1.165, 1.54) is 21.7 Å². The SMILES string of the molecule is O=C(CCC(=O)c1ccccc1)NCC1CN(c2ccc(-n3nnc4ccccc43)c(F)c2)C(=O)O1. The summed E-state index contributed by atoms with van der Waals surface area (Å²) in [4.78, 5) is 38.0. The number of ketones is 1. The summed E-state index contributed by atoms with van der Waals surface area (Å²) in [6.07, 6.45) is -1.12. The number of anilines is 1. The van der Waals surface area contributed by atoms with Crippen molar-refractivity contribution in [3.8, 4) is 5.69 Å².